The largest absolute Gasteiger partial charge is 0.497 e. The molecule has 0 bridgehead atoms. The van der Waals surface area contributed by atoms with E-state index in [-0.39, 0.29) is 12.9 Å². The summed E-state index contributed by atoms with van der Waals surface area (Å²) in [5.74, 6) is 3.66. The molecule has 2 heterocycles. The van der Waals surface area contributed by atoms with Gasteiger partial charge in [-0.3, -0.25) is 0 Å². The van der Waals surface area contributed by atoms with Crippen molar-refractivity contribution >= 4 is 0 Å². The molecular formula is C16H14O5. The zero-order valence-electron chi connectivity index (χ0n) is 11.5. The van der Waals surface area contributed by atoms with Crippen LogP contribution in [-0.2, 0) is 0 Å². The predicted octanol–water partition coefficient (Wildman–Crippen LogP) is 2.94. The van der Waals surface area contributed by atoms with Gasteiger partial charge in [0.25, 0.3) is 0 Å². The van der Waals surface area contributed by atoms with Gasteiger partial charge in [-0.05, 0) is 29.8 Å². The Bertz CT molecular complexity index is 682. The lowest BCUT2D eigenvalue weighted by Crippen LogP contribution is -2.21. The third-order valence-electron chi connectivity index (χ3n) is 3.58. The zero-order valence-corrected chi connectivity index (χ0v) is 11.5. The third-order valence-corrected chi connectivity index (χ3v) is 3.58. The topological polar surface area (TPSA) is 46.2 Å². The van der Waals surface area contributed by atoms with Crippen molar-refractivity contribution in [2.24, 2.45) is 0 Å². The van der Waals surface area contributed by atoms with Crippen LogP contribution in [0.5, 0.6) is 28.7 Å². The van der Waals surface area contributed by atoms with E-state index >= 15 is 0 Å². The highest BCUT2D eigenvalue weighted by Gasteiger charge is 2.25. The Kier molecular flexibility index (Phi) is 2.77. The van der Waals surface area contributed by atoms with Gasteiger partial charge < -0.3 is 23.7 Å². The van der Waals surface area contributed by atoms with Crippen LogP contribution in [0.1, 0.15) is 11.7 Å². The molecule has 2 aromatic carbocycles. The molecule has 108 valence electrons. The second-order valence-electron chi connectivity index (χ2n) is 4.84. The van der Waals surface area contributed by atoms with E-state index in [2.05, 4.69) is 0 Å². The van der Waals surface area contributed by atoms with Crippen molar-refractivity contribution in [3.63, 3.8) is 0 Å². The van der Waals surface area contributed by atoms with E-state index in [1.54, 1.807) is 7.11 Å². The fourth-order valence-corrected chi connectivity index (χ4v) is 2.46. The van der Waals surface area contributed by atoms with Gasteiger partial charge in [0, 0.05) is 6.07 Å². The molecule has 0 N–H and O–H groups in total. The van der Waals surface area contributed by atoms with E-state index in [1.165, 1.54) is 0 Å². The number of fused-ring (bicyclic) bond motifs is 2. The molecule has 5 heteroatoms. The highest BCUT2D eigenvalue weighted by atomic mass is 16.7. The number of ether oxygens (including phenoxy) is 5. The Morgan fingerprint density at radius 1 is 0.905 bits per heavy atom. The van der Waals surface area contributed by atoms with Crippen molar-refractivity contribution in [1.29, 1.82) is 0 Å². The molecule has 0 aromatic heterocycles. The normalized spacial score (nSPS) is 18.4. The second-order valence-corrected chi connectivity index (χ2v) is 4.84. The van der Waals surface area contributed by atoms with E-state index in [0.29, 0.717) is 12.4 Å². The average molecular weight is 286 g/mol. The highest BCUT2D eigenvalue weighted by molar-refractivity contribution is 5.49. The first-order chi connectivity index (χ1) is 10.3. The summed E-state index contributed by atoms with van der Waals surface area (Å²) in [6, 6.07) is 11.3. The summed E-state index contributed by atoms with van der Waals surface area (Å²) >= 11 is 0. The zero-order chi connectivity index (χ0) is 14.2. The first-order valence-electron chi connectivity index (χ1n) is 6.70. The Hall–Kier alpha value is -2.56. The van der Waals surface area contributed by atoms with Gasteiger partial charge in [-0.25, -0.2) is 0 Å². The molecule has 0 aliphatic carbocycles. The van der Waals surface area contributed by atoms with Crippen LogP contribution in [0.3, 0.4) is 0 Å². The summed E-state index contributed by atoms with van der Waals surface area (Å²) in [6.45, 7) is 0.722. The minimum absolute atomic E-state index is 0.181. The summed E-state index contributed by atoms with van der Waals surface area (Å²) in [7, 11) is 1.63. The molecular weight excluding hydrogens is 272 g/mol. The first kappa shape index (κ1) is 12.2. The van der Waals surface area contributed by atoms with Gasteiger partial charge in [0.05, 0.1) is 7.11 Å². The van der Waals surface area contributed by atoms with Crippen LogP contribution in [0, 0.1) is 0 Å². The second kappa shape index (κ2) is 4.77. The standard InChI is InChI=1S/C16H14O5/c1-17-11-3-5-13-15(7-11)21-16(8-18-13)10-2-4-12-14(6-10)20-9-19-12/h2-7,16H,8-9H2,1H3/t16-/m0/s1. The molecule has 0 spiro atoms. The molecule has 0 unspecified atom stereocenters. The van der Waals surface area contributed by atoms with Gasteiger partial charge >= 0.3 is 0 Å². The summed E-state index contributed by atoms with van der Waals surface area (Å²) in [5.41, 5.74) is 0.993. The maximum absolute atomic E-state index is 6.02. The summed E-state index contributed by atoms with van der Waals surface area (Å²) < 4.78 is 27.7. The smallest absolute Gasteiger partial charge is 0.231 e. The lowest BCUT2D eigenvalue weighted by molar-refractivity contribution is 0.0907. The molecule has 0 saturated carbocycles. The summed E-state index contributed by atoms with van der Waals surface area (Å²) in [4.78, 5) is 0. The summed E-state index contributed by atoms with van der Waals surface area (Å²) in [6.07, 6.45) is -0.181. The molecule has 0 radical (unpaired) electrons. The molecule has 21 heavy (non-hydrogen) atoms. The SMILES string of the molecule is COc1ccc2c(c1)O[C@H](c1ccc3c(c1)OCO3)CO2. The van der Waals surface area contributed by atoms with E-state index < -0.39 is 0 Å². The molecule has 5 nitrogen and oxygen atoms in total. The van der Waals surface area contributed by atoms with E-state index in [1.807, 2.05) is 36.4 Å². The molecule has 4 rings (SSSR count). The molecule has 0 saturated heterocycles. The van der Waals surface area contributed by atoms with Crippen molar-refractivity contribution < 1.29 is 23.7 Å². The van der Waals surface area contributed by atoms with Gasteiger partial charge in [0.1, 0.15) is 12.4 Å². The molecule has 0 fully saturated rings. The Morgan fingerprint density at radius 2 is 1.71 bits per heavy atom. The van der Waals surface area contributed by atoms with Gasteiger partial charge in [0.2, 0.25) is 6.79 Å². The molecule has 1 atom stereocenters. The van der Waals surface area contributed by atoms with Crippen LogP contribution in [-0.4, -0.2) is 20.5 Å². The van der Waals surface area contributed by atoms with Crippen molar-refractivity contribution in [3.05, 3.63) is 42.0 Å². The minimum Gasteiger partial charge on any atom is -0.497 e. The van der Waals surface area contributed by atoms with Gasteiger partial charge in [-0.2, -0.15) is 0 Å². The first-order valence-corrected chi connectivity index (χ1v) is 6.70. The van der Waals surface area contributed by atoms with Crippen molar-refractivity contribution in [2.45, 2.75) is 6.10 Å². The number of benzene rings is 2. The van der Waals surface area contributed by atoms with Crippen LogP contribution >= 0.6 is 0 Å². The van der Waals surface area contributed by atoms with Crippen LogP contribution < -0.4 is 23.7 Å². The van der Waals surface area contributed by atoms with Crippen LogP contribution in [0.25, 0.3) is 0 Å². The molecule has 2 aliphatic heterocycles. The van der Waals surface area contributed by atoms with E-state index in [9.17, 15) is 0 Å². The lowest BCUT2D eigenvalue weighted by atomic mass is 10.1. The minimum atomic E-state index is -0.181. The predicted molar refractivity (Wildman–Crippen MR) is 74.4 cm³/mol. The number of rotatable bonds is 2. The molecule has 2 aliphatic rings. The van der Waals surface area contributed by atoms with Crippen molar-refractivity contribution in [3.8, 4) is 28.7 Å². The van der Waals surface area contributed by atoms with Crippen LogP contribution in [0.15, 0.2) is 36.4 Å². The monoisotopic (exact) mass is 286 g/mol. The maximum Gasteiger partial charge on any atom is 0.231 e. The quantitative estimate of drug-likeness (QED) is 0.849. The molecule has 0 amide bonds. The van der Waals surface area contributed by atoms with Crippen molar-refractivity contribution in [1.82, 2.24) is 0 Å². The molecule has 2 aromatic rings. The maximum atomic E-state index is 6.02. The highest BCUT2D eigenvalue weighted by Crippen LogP contribution is 2.41. The van der Waals surface area contributed by atoms with E-state index in [4.69, 9.17) is 23.7 Å². The van der Waals surface area contributed by atoms with Crippen LogP contribution in [0.4, 0.5) is 0 Å². The van der Waals surface area contributed by atoms with Gasteiger partial charge in [-0.1, -0.05) is 6.07 Å². The van der Waals surface area contributed by atoms with Crippen molar-refractivity contribution in [2.75, 3.05) is 20.5 Å². The van der Waals surface area contributed by atoms with Gasteiger partial charge in [-0.15, -0.1) is 0 Å². The number of methoxy groups -OCH3 is 1. The Labute approximate surface area is 122 Å². The number of hydrogen-bond acceptors (Lipinski definition) is 5. The number of hydrogen-bond donors (Lipinski definition) is 0. The fraction of sp³-hybridized carbons (Fsp3) is 0.250. The Morgan fingerprint density at radius 3 is 2.62 bits per heavy atom. The lowest BCUT2D eigenvalue weighted by Gasteiger charge is -2.27. The Balaban J connectivity index is 1.62. The van der Waals surface area contributed by atoms with Crippen LogP contribution in [0.2, 0.25) is 0 Å². The summed E-state index contributed by atoms with van der Waals surface area (Å²) in [5, 5.41) is 0. The van der Waals surface area contributed by atoms with Gasteiger partial charge in [0.15, 0.2) is 29.1 Å². The average Bonchev–Trinajstić information content (AvgIpc) is 3.01. The third kappa shape index (κ3) is 2.11. The van der Waals surface area contributed by atoms with E-state index in [0.717, 1.165) is 28.6 Å². The fourth-order valence-electron chi connectivity index (χ4n) is 2.46.